The van der Waals surface area contributed by atoms with Gasteiger partial charge in [-0.2, -0.15) is 0 Å². The van der Waals surface area contributed by atoms with E-state index >= 15 is 0 Å². The van der Waals surface area contributed by atoms with E-state index in [-0.39, 0.29) is 22.3 Å². The molecule has 0 radical (unpaired) electrons. The van der Waals surface area contributed by atoms with Crippen LogP contribution in [0.2, 0.25) is 0 Å². The summed E-state index contributed by atoms with van der Waals surface area (Å²) in [5.74, 6) is -0.188. The van der Waals surface area contributed by atoms with Gasteiger partial charge in [0.25, 0.3) is 0 Å². The molecule has 0 aliphatic heterocycles. The normalized spacial score (nSPS) is 30.9. The van der Waals surface area contributed by atoms with Crippen LogP contribution >= 0.6 is 0 Å². The monoisotopic (exact) mass is 198 g/mol. The number of carbonyl (C=O) groups excluding carboxylic acids is 1. The Bertz CT molecular complexity index is 253. The van der Waals surface area contributed by atoms with Crippen LogP contribution < -0.4 is 11.5 Å². The lowest BCUT2D eigenvalue weighted by Gasteiger charge is -2.56. The number of primary amides is 1. The SMILES string of the molecule is CC(C)(N)CC1(C(N)=O)CCC1(C)C. The molecule has 14 heavy (non-hydrogen) atoms. The first-order valence-corrected chi connectivity index (χ1v) is 5.20. The van der Waals surface area contributed by atoms with Crippen molar-refractivity contribution >= 4 is 5.91 Å². The van der Waals surface area contributed by atoms with Crippen LogP contribution in [0.3, 0.4) is 0 Å². The van der Waals surface area contributed by atoms with Crippen molar-refractivity contribution in [3.05, 3.63) is 0 Å². The quantitative estimate of drug-likeness (QED) is 0.719. The number of amides is 1. The molecular weight excluding hydrogens is 176 g/mol. The Labute approximate surface area is 86.2 Å². The summed E-state index contributed by atoms with van der Waals surface area (Å²) in [4.78, 5) is 11.6. The maximum absolute atomic E-state index is 11.6. The van der Waals surface area contributed by atoms with E-state index in [0.29, 0.717) is 6.42 Å². The lowest BCUT2D eigenvalue weighted by atomic mass is 9.48. The third-order valence-electron chi connectivity index (χ3n) is 3.70. The molecule has 1 saturated carbocycles. The van der Waals surface area contributed by atoms with Crippen molar-refractivity contribution in [2.75, 3.05) is 0 Å². The molecule has 1 unspecified atom stereocenters. The van der Waals surface area contributed by atoms with Crippen LogP contribution in [0.5, 0.6) is 0 Å². The van der Waals surface area contributed by atoms with Gasteiger partial charge in [0.15, 0.2) is 0 Å². The van der Waals surface area contributed by atoms with E-state index in [0.717, 1.165) is 12.8 Å². The molecule has 0 spiro atoms. The Kier molecular flexibility index (Phi) is 2.43. The maximum Gasteiger partial charge on any atom is 0.224 e. The molecule has 1 rings (SSSR count). The number of rotatable bonds is 3. The van der Waals surface area contributed by atoms with Crippen LogP contribution in [-0.4, -0.2) is 11.4 Å². The second kappa shape index (κ2) is 2.96. The Hall–Kier alpha value is -0.570. The molecule has 1 aliphatic carbocycles. The number of hydrogen-bond acceptors (Lipinski definition) is 2. The van der Waals surface area contributed by atoms with E-state index in [1.807, 2.05) is 13.8 Å². The zero-order valence-corrected chi connectivity index (χ0v) is 9.68. The summed E-state index contributed by atoms with van der Waals surface area (Å²) in [6, 6.07) is 0. The third kappa shape index (κ3) is 1.65. The highest BCUT2D eigenvalue weighted by molar-refractivity contribution is 5.83. The Morgan fingerprint density at radius 1 is 1.36 bits per heavy atom. The van der Waals surface area contributed by atoms with Gasteiger partial charge < -0.3 is 11.5 Å². The molecule has 0 heterocycles. The summed E-state index contributed by atoms with van der Waals surface area (Å²) in [5.41, 5.74) is 10.8. The summed E-state index contributed by atoms with van der Waals surface area (Å²) in [6.45, 7) is 8.11. The van der Waals surface area contributed by atoms with Crippen molar-refractivity contribution in [2.45, 2.75) is 52.5 Å². The van der Waals surface area contributed by atoms with E-state index in [4.69, 9.17) is 11.5 Å². The van der Waals surface area contributed by atoms with Gasteiger partial charge in [0.1, 0.15) is 0 Å². The van der Waals surface area contributed by atoms with Crippen molar-refractivity contribution in [3.63, 3.8) is 0 Å². The predicted octanol–water partition coefficient (Wildman–Crippen LogP) is 1.41. The zero-order chi connectivity index (χ0) is 11.2. The first-order chi connectivity index (χ1) is 6.11. The van der Waals surface area contributed by atoms with Crippen LogP contribution in [0.25, 0.3) is 0 Å². The van der Waals surface area contributed by atoms with E-state index in [1.54, 1.807) is 0 Å². The summed E-state index contributed by atoms with van der Waals surface area (Å²) in [7, 11) is 0. The standard InChI is InChI=1S/C11H22N2O/c1-9(2)5-6-11(9,8(12)14)7-10(3,4)13/h5-7,13H2,1-4H3,(H2,12,14). The van der Waals surface area contributed by atoms with Crippen LogP contribution in [0.4, 0.5) is 0 Å². The van der Waals surface area contributed by atoms with Gasteiger partial charge in [0, 0.05) is 5.54 Å². The highest BCUT2D eigenvalue weighted by Gasteiger charge is 2.58. The number of nitrogens with two attached hydrogens (primary N) is 2. The van der Waals surface area contributed by atoms with Gasteiger partial charge in [-0.15, -0.1) is 0 Å². The molecule has 1 amide bonds. The molecule has 82 valence electrons. The van der Waals surface area contributed by atoms with Gasteiger partial charge in [-0.05, 0) is 38.5 Å². The molecule has 0 saturated heterocycles. The maximum atomic E-state index is 11.6. The molecule has 0 aromatic heterocycles. The van der Waals surface area contributed by atoms with Gasteiger partial charge in [0.2, 0.25) is 5.91 Å². The second-order valence-electron chi connectivity index (χ2n) is 6.00. The van der Waals surface area contributed by atoms with Crippen LogP contribution in [0.15, 0.2) is 0 Å². The summed E-state index contributed by atoms with van der Waals surface area (Å²) < 4.78 is 0. The average molecular weight is 198 g/mol. The number of hydrogen-bond donors (Lipinski definition) is 2. The van der Waals surface area contributed by atoms with Crippen molar-refractivity contribution < 1.29 is 4.79 Å². The molecule has 1 aliphatic rings. The minimum Gasteiger partial charge on any atom is -0.369 e. The highest BCUT2D eigenvalue weighted by atomic mass is 16.1. The van der Waals surface area contributed by atoms with Crippen molar-refractivity contribution in [2.24, 2.45) is 22.3 Å². The zero-order valence-electron chi connectivity index (χ0n) is 9.68. The molecule has 4 N–H and O–H groups in total. The number of carbonyl (C=O) groups is 1. The van der Waals surface area contributed by atoms with Crippen LogP contribution in [0, 0.1) is 10.8 Å². The predicted molar refractivity (Wildman–Crippen MR) is 57.5 cm³/mol. The lowest BCUT2D eigenvalue weighted by molar-refractivity contribution is -0.151. The van der Waals surface area contributed by atoms with Crippen LogP contribution in [0.1, 0.15) is 47.0 Å². The fourth-order valence-electron chi connectivity index (χ4n) is 2.58. The first kappa shape index (κ1) is 11.5. The topological polar surface area (TPSA) is 69.1 Å². The van der Waals surface area contributed by atoms with Gasteiger partial charge in [-0.3, -0.25) is 4.79 Å². The van der Waals surface area contributed by atoms with Crippen molar-refractivity contribution in [1.29, 1.82) is 0 Å². The molecule has 3 heteroatoms. The molecule has 0 aromatic carbocycles. The fourth-order valence-corrected chi connectivity index (χ4v) is 2.58. The Morgan fingerprint density at radius 3 is 1.93 bits per heavy atom. The minimum atomic E-state index is -0.384. The van der Waals surface area contributed by atoms with E-state index < -0.39 is 0 Å². The Balaban J connectivity index is 2.91. The van der Waals surface area contributed by atoms with Gasteiger partial charge in [-0.1, -0.05) is 13.8 Å². The summed E-state index contributed by atoms with van der Waals surface area (Å²) in [6.07, 6.45) is 2.63. The average Bonchev–Trinajstić information content (AvgIpc) is 1.95. The second-order valence-corrected chi connectivity index (χ2v) is 6.00. The van der Waals surface area contributed by atoms with Gasteiger partial charge in [0.05, 0.1) is 5.41 Å². The molecule has 0 bridgehead atoms. The van der Waals surface area contributed by atoms with E-state index in [1.165, 1.54) is 0 Å². The van der Waals surface area contributed by atoms with Gasteiger partial charge >= 0.3 is 0 Å². The van der Waals surface area contributed by atoms with Crippen molar-refractivity contribution in [1.82, 2.24) is 0 Å². The van der Waals surface area contributed by atoms with Gasteiger partial charge in [-0.25, -0.2) is 0 Å². The minimum absolute atomic E-state index is 0.00940. The highest BCUT2D eigenvalue weighted by Crippen LogP contribution is 2.59. The fraction of sp³-hybridized carbons (Fsp3) is 0.909. The Morgan fingerprint density at radius 2 is 1.86 bits per heavy atom. The molecule has 3 nitrogen and oxygen atoms in total. The molecular formula is C11H22N2O. The van der Waals surface area contributed by atoms with E-state index in [9.17, 15) is 4.79 Å². The smallest absolute Gasteiger partial charge is 0.224 e. The molecule has 0 aromatic rings. The third-order valence-corrected chi connectivity index (χ3v) is 3.70. The van der Waals surface area contributed by atoms with E-state index in [2.05, 4.69) is 13.8 Å². The summed E-state index contributed by atoms with van der Waals surface area (Å²) in [5, 5.41) is 0. The molecule has 1 atom stereocenters. The van der Waals surface area contributed by atoms with Crippen molar-refractivity contribution in [3.8, 4) is 0 Å². The lowest BCUT2D eigenvalue weighted by Crippen LogP contribution is -2.59. The summed E-state index contributed by atoms with van der Waals surface area (Å²) >= 11 is 0. The van der Waals surface area contributed by atoms with Crippen LogP contribution in [-0.2, 0) is 4.79 Å². The molecule has 1 fully saturated rings. The largest absolute Gasteiger partial charge is 0.369 e. The first-order valence-electron chi connectivity index (χ1n) is 5.20.